The van der Waals surface area contributed by atoms with E-state index in [1.807, 2.05) is 0 Å². The summed E-state index contributed by atoms with van der Waals surface area (Å²) in [4.78, 5) is 0. The SMILES string of the molecule is COCCOc1cc(B(O)O)cc(Cl)c1F. The summed E-state index contributed by atoms with van der Waals surface area (Å²) in [5, 5.41) is 17.6. The average Bonchev–Trinajstić information content (AvgIpc) is 2.24. The van der Waals surface area contributed by atoms with E-state index in [-0.39, 0.29) is 22.8 Å². The number of hydrogen-bond acceptors (Lipinski definition) is 4. The molecule has 88 valence electrons. The average molecular weight is 248 g/mol. The summed E-state index contributed by atoms with van der Waals surface area (Å²) in [6.45, 7) is 0.442. The van der Waals surface area contributed by atoms with Gasteiger partial charge in [0, 0.05) is 7.11 Å². The molecule has 0 fully saturated rings. The zero-order valence-corrected chi connectivity index (χ0v) is 9.37. The Bertz CT molecular complexity index is 362. The molecule has 0 aliphatic rings. The molecule has 16 heavy (non-hydrogen) atoms. The van der Waals surface area contributed by atoms with Crippen LogP contribution in [-0.2, 0) is 4.74 Å². The van der Waals surface area contributed by atoms with Gasteiger partial charge in [-0.3, -0.25) is 0 Å². The molecule has 0 heterocycles. The van der Waals surface area contributed by atoms with Crippen LogP contribution >= 0.6 is 11.6 Å². The molecule has 4 nitrogen and oxygen atoms in total. The summed E-state index contributed by atoms with van der Waals surface area (Å²) in [5.41, 5.74) is 0.0683. The van der Waals surface area contributed by atoms with Crippen LogP contribution in [0.5, 0.6) is 5.75 Å². The van der Waals surface area contributed by atoms with E-state index in [9.17, 15) is 4.39 Å². The van der Waals surface area contributed by atoms with Crippen LogP contribution in [0.1, 0.15) is 0 Å². The lowest BCUT2D eigenvalue weighted by atomic mass is 9.80. The van der Waals surface area contributed by atoms with Gasteiger partial charge in [-0.2, -0.15) is 0 Å². The first-order valence-corrected chi connectivity index (χ1v) is 4.91. The second-order valence-corrected chi connectivity index (χ2v) is 3.44. The summed E-state index contributed by atoms with van der Waals surface area (Å²) in [5.74, 6) is -0.866. The molecule has 0 aliphatic heterocycles. The van der Waals surface area contributed by atoms with Gasteiger partial charge in [0.05, 0.1) is 11.6 Å². The maximum atomic E-state index is 13.4. The van der Waals surface area contributed by atoms with Crippen molar-refractivity contribution in [1.29, 1.82) is 0 Å². The quantitative estimate of drug-likeness (QED) is 0.577. The Morgan fingerprint density at radius 2 is 2.06 bits per heavy atom. The Kier molecular flexibility index (Phi) is 5.01. The molecule has 0 amide bonds. The summed E-state index contributed by atoms with van der Waals surface area (Å²) in [6, 6.07) is 2.31. The number of ether oxygens (including phenoxy) is 2. The zero-order valence-electron chi connectivity index (χ0n) is 8.61. The first-order valence-electron chi connectivity index (χ1n) is 4.53. The number of hydrogen-bond donors (Lipinski definition) is 2. The van der Waals surface area contributed by atoms with Crippen molar-refractivity contribution in [3.8, 4) is 5.75 Å². The molecule has 7 heteroatoms. The van der Waals surface area contributed by atoms with E-state index in [4.69, 9.17) is 31.1 Å². The fraction of sp³-hybridized carbons (Fsp3) is 0.333. The fourth-order valence-electron chi connectivity index (χ4n) is 1.07. The largest absolute Gasteiger partial charge is 0.488 e. The van der Waals surface area contributed by atoms with Gasteiger partial charge in [0.2, 0.25) is 0 Å². The van der Waals surface area contributed by atoms with Crippen LogP contribution in [0.4, 0.5) is 4.39 Å². The zero-order chi connectivity index (χ0) is 12.1. The van der Waals surface area contributed by atoms with Gasteiger partial charge in [0.15, 0.2) is 11.6 Å². The van der Waals surface area contributed by atoms with E-state index in [0.717, 1.165) is 6.07 Å². The number of methoxy groups -OCH3 is 1. The van der Waals surface area contributed by atoms with Gasteiger partial charge in [-0.05, 0) is 17.6 Å². The van der Waals surface area contributed by atoms with E-state index in [2.05, 4.69) is 0 Å². The Morgan fingerprint density at radius 3 is 2.62 bits per heavy atom. The minimum Gasteiger partial charge on any atom is -0.488 e. The van der Waals surface area contributed by atoms with Crippen molar-refractivity contribution in [2.45, 2.75) is 0 Å². The second kappa shape index (κ2) is 6.05. The van der Waals surface area contributed by atoms with Crippen molar-refractivity contribution < 1.29 is 23.9 Å². The predicted octanol–water partition coefficient (Wildman–Crippen LogP) is 0.184. The second-order valence-electron chi connectivity index (χ2n) is 3.03. The number of rotatable bonds is 5. The van der Waals surface area contributed by atoms with E-state index in [0.29, 0.717) is 6.61 Å². The standard InChI is InChI=1S/C9H11BClFO4/c1-15-2-3-16-8-5-6(10(13)14)4-7(11)9(8)12/h4-5,13-14H,2-3H2,1H3. The number of benzene rings is 1. The molecule has 0 atom stereocenters. The van der Waals surface area contributed by atoms with Crippen molar-refractivity contribution in [2.24, 2.45) is 0 Å². The molecular formula is C9H11BClFO4. The van der Waals surface area contributed by atoms with Crippen LogP contribution in [0.2, 0.25) is 5.02 Å². The molecule has 0 radical (unpaired) electrons. The van der Waals surface area contributed by atoms with Gasteiger partial charge >= 0.3 is 7.12 Å². The maximum Gasteiger partial charge on any atom is 0.488 e. The minimum atomic E-state index is -1.72. The third-order valence-electron chi connectivity index (χ3n) is 1.86. The molecule has 0 aliphatic carbocycles. The van der Waals surface area contributed by atoms with Crippen molar-refractivity contribution in [3.63, 3.8) is 0 Å². The summed E-state index contributed by atoms with van der Waals surface area (Å²) >= 11 is 5.57. The Labute approximate surface area is 97.7 Å². The van der Waals surface area contributed by atoms with Gasteiger partial charge in [0.1, 0.15) is 6.61 Å². The molecular weight excluding hydrogens is 237 g/mol. The van der Waals surface area contributed by atoms with Gasteiger partial charge in [0.25, 0.3) is 0 Å². The van der Waals surface area contributed by atoms with Gasteiger partial charge in [-0.15, -0.1) is 0 Å². The lowest BCUT2D eigenvalue weighted by molar-refractivity contribution is 0.144. The Balaban J connectivity index is 2.88. The molecule has 0 unspecified atom stereocenters. The highest BCUT2D eigenvalue weighted by atomic mass is 35.5. The molecule has 1 rings (SSSR count). The van der Waals surface area contributed by atoms with Crippen molar-refractivity contribution in [3.05, 3.63) is 23.0 Å². The Hall–Kier alpha value is -0.815. The third kappa shape index (κ3) is 3.35. The molecule has 0 saturated carbocycles. The van der Waals surface area contributed by atoms with Crippen LogP contribution in [0.25, 0.3) is 0 Å². The number of halogens is 2. The summed E-state index contributed by atoms with van der Waals surface area (Å²) in [6.07, 6.45) is 0. The summed E-state index contributed by atoms with van der Waals surface area (Å²) in [7, 11) is -0.233. The predicted molar refractivity (Wildman–Crippen MR) is 58.6 cm³/mol. The van der Waals surface area contributed by atoms with E-state index in [1.165, 1.54) is 13.2 Å². The third-order valence-corrected chi connectivity index (χ3v) is 2.14. The summed E-state index contributed by atoms with van der Waals surface area (Å²) < 4.78 is 23.2. The molecule has 1 aromatic rings. The van der Waals surface area contributed by atoms with Crippen LogP contribution < -0.4 is 10.2 Å². The smallest absolute Gasteiger partial charge is 0.488 e. The highest BCUT2D eigenvalue weighted by Crippen LogP contribution is 2.23. The molecule has 2 N–H and O–H groups in total. The lowest BCUT2D eigenvalue weighted by Crippen LogP contribution is -2.30. The van der Waals surface area contributed by atoms with Crippen molar-refractivity contribution in [2.75, 3.05) is 20.3 Å². The first kappa shape index (κ1) is 13.3. The minimum absolute atomic E-state index is 0.0683. The van der Waals surface area contributed by atoms with Crippen molar-refractivity contribution in [1.82, 2.24) is 0 Å². The van der Waals surface area contributed by atoms with Gasteiger partial charge < -0.3 is 19.5 Å². The lowest BCUT2D eigenvalue weighted by Gasteiger charge is -2.09. The van der Waals surface area contributed by atoms with Crippen LogP contribution in [0.3, 0.4) is 0 Å². The highest BCUT2D eigenvalue weighted by Gasteiger charge is 2.17. The molecule has 0 bridgehead atoms. The monoisotopic (exact) mass is 248 g/mol. The van der Waals surface area contributed by atoms with Crippen LogP contribution in [0.15, 0.2) is 12.1 Å². The fourth-order valence-corrected chi connectivity index (χ4v) is 1.29. The van der Waals surface area contributed by atoms with Gasteiger partial charge in [-0.25, -0.2) is 4.39 Å². The van der Waals surface area contributed by atoms with Crippen LogP contribution in [-0.4, -0.2) is 37.5 Å². The first-order chi connectivity index (χ1) is 7.56. The van der Waals surface area contributed by atoms with Crippen LogP contribution in [0, 0.1) is 5.82 Å². The molecule has 0 aromatic heterocycles. The van der Waals surface area contributed by atoms with E-state index >= 15 is 0 Å². The molecule has 0 saturated heterocycles. The Morgan fingerprint density at radius 1 is 1.38 bits per heavy atom. The molecule has 0 spiro atoms. The maximum absolute atomic E-state index is 13.4. The van der Waals surface area contributed by atoms with E-state index < -0.39 is 12.9 Å². The van der Waals surface area contributed by atoms with Crippen molar-refractivity contribution >= 4 is 24.2 Å². The molecule has 1 aromatic carbocycles. The highest BCUT2D eigenvalue weighted by molar-refractivity contribution is 6.59. The topological polar surface area (TPSA) is 58.9 Å². The van der Waals surface area contributed by atoms with E-state index in [1.54, 1.807) is 0 Å². The van der Waals surface area contributed by atoms with Gasteiger partial charge in [-0.1, -0.05) is 11.6 Å². The normalized spacial score (nSPS) is 10.3.